The van der Waals surface area contributed by atoms with Gasteiger partial charge in [-0.1, -0.05) is 0 Å². The van der Waals surface area contributed by atoms with Crippen molar-refractivity contribution in [3.8, 4) is 0 Å². The zero-order valence-corrected chi connectivity index (χ0v) is 13.5. The fraction of sp³-hybridized carbons (Fsp3) is 0.533. The second kappa shape index (κ2) is 6.54. The summed E-state index contributed by atoms with van der Waals surface area (Å²) in [5, 5.41) is 0. The Morgan fingerprint density at radius 2 is 1.78 bits per heavy atom. The predicted octanol–water partition coefficient (Wildman–Crippen LogP) is 0.838. The number of sulfonamides is 1. The summed E-state index contributed by atoms with van der Waals surface area (Å²) in [6, 6.07) is 4.02. The molecule has 1 atom stereocenters. The molecule has 2 saturated heterocycles. The minimum atomic E-state index is -3.80. The lowest BCUT2D eigenvalue weighted by Crippen LogP contribution is -2.50. The minimum absolute atomic E-state index is 0.0144. The standard InChI is InChI=1S/C15H19FN2O4S/c16-12-3-5-13(6-4-12)23(20,21)18-7-1-2-14(18)15(19)17-8-10-22-11-9-17/h3-6,14H,1-2,7-11H2. The van der Waals surface area contributed by atoms with E-state index in [1.165, 1.54) is 16.4 Å². The number of carbonyl (C=O) groups is 1. The van der Waals surface area contributed by atoms with Crippen LogP contribution in [0.25, 0.3) is 0 Å². The van der Waals surface area contributed by atoms with Crippen LogP contribution in [0.1, 0.15) is 12.8 Å². The third-order valence-electron chi connectivity index (χ3n) is 4.23. The van der Waals surface area contributed by atoms with Crippen LogP contribution in [0.4, 0.5) is 4.39 Å². The van der Waals surface area contributed by atoms with Crippen LogP contribution in [0.5, 0.6) is 0 Å². The average Bonchev–Trinajstić information content (AvgIpc) is 3.06. The molecule has 1 aromatic rings. The van der Waals surface area contributed by atoms with E-state index in [1.54, 1.807) is 4.90 Å². The van der Waals surface area contributed by atoms with E-state index in [0.29, 0.717) is 45.7 Å². The van der Waals surface area contributed by atoms with Gasteiger partial charge in [0.25, 0.3) is 0 Å². The van der Waals surface area contributed by atoms with Gasteiger partial charge in [-0.3, -0.25) is 4.79 Å². The van der Waals surface area contributed by atoms with Gasteiger partial charge in [0, 0.05) is 19.6 Å². The van der Waals surface area contributed by atoms with Crippen LogP contribution in [0.15, 0.2) is 29.2 Å². The molecule has 1 unspecified atom stereocenters. The van der Waals surface area contributed by atoms with E-state index in [4.69, 9.17) is 4.74 Å². The minimum Gasteiger partial charge on any atom is -0.378 e. The maximum absolute atomic E-state index is 13.0. The van der Waals surface area contributed by atoms with E-state index in [1.807, 2.05) is 0 Å². The molecule has 126 valence electrons. The summed E-state index contributed by atoms with van der Waals surface area (Å²) < 4.78 is 45.0. The van der Waals surface area contributed by atoms with Gasteiger partial charge in [0.1, 0.15) is 11.9 Å². The first-order valence-electron chi connectivity index (χ1n) is 7.64. The molecule has 8 heteroatoms. The summed E-state index contributed by atoms with van der Waals surface area (Å²) in [5.41, 5.74) is 0. The first kappa shape index (κ1) is 16.4. The van der Waals surface area contributed by atoms with Crippen molar-refractivity contribution in [2.75, 3.05) is 32.8 Å². The monoisotopic (exact) mass is 342 g/mol. The molecule has 0 aromatic heterocycles. The Morgan fingerprint density at radius 3 is 2.43 bits per heavy atom. The third-order valence-corrected chi connectivity index (χ3v) is 6.15. The molecule has 0 radical (unpaired) electrons. The fourth-order valence-corrected chi connectivity index (χ4v) is 4.66. The Kier molecular flexibility index (Phi) is 4.65. The van der Waals surface area contributed by atoms with Crippen molar-refractivity contribution >= 4 is 15.9 Å². The number of carbonyl (C=O) groups excluding carboxylic acids is 1. The van der Waals surface area contributed by atoms with E-state index >= 15 is 0 Å². The predicted molar refractivity (Wildman–Crippen MR) is 80.7 cm³/mol. The highest BCUT2D eigenvalue weighted by atomic mass is 32.2. The highest BCUT2D eigenvalue weighted by molar-refractivity contribution is 7.89. The molecule has 1 aromatic carbocycles. The molecule has 0 N–H and O–H groups in total. The van der Waals surface area contributed by atoms with Crippen LogP contribution in [0.3, 0.4) is 0 Å². The smallest absolute Gasteiger partial charge is 0.243 e. The number of amides is 1. The summed E-state index contributed by atoms with van der Waals surface area (Å²) in [7, 11) is -3.80. The van der Waals surface area contributed by atoms with Gasteiger partial charge in [0.05, 0.1) is 18.1 Å². The van der Waals surface area contributed by atoms with Crippen molar-refractivity contribution in [3.05, 3.63) is 30.1 Å². The van der Waals surface area contributed by atoms with Crippen LogP contribution in [-0.4, -0.2) is 62.4 Å². The Hall–Kier alpha value is -1.51. The SMILES string of the molecule is O=C(C1CCCN1S(=O)(=O)c1ccc(F)cc1)N1CCOCC1. The average molecular weight is 342 g/mol. The van der Waals surface area contributed by atoms with Crippen LogP contribution in [0, 0.1) is 5.82 Å². The molecule has 2 fully saturated rings. The zero-order chi connectivity index (χ0) is 16.4. The van der Waals surface area contributed by atoms with Crippen molar-refractivity contribution in [1.82, 2.24) is 9.21 Å². The van der Waals surface area contributed by atoms with Crippen molar-refractivity contribution in [2.45, 2.75) is 23.8 Å². The number of ether oxygens (including phenoxy) is 1. The Morgan fingerprint density at radius 1 is 1.13 bits per heavy atom. The largest absolute Gasteiger partial charge is 0.378 e. The number of nitrogens with zero attached hydrogens (tertiary/aromatic N) is 2. The third kappa shape index (κ3) is 3.24. The van der Waals surface area contributed by atoms with E-state index in [0.717, 1.165) is 12.1 Å². The van der Waals surface area contributed by atoms with Crippen LogP contribution < -0.4 is 0 Å². The molecule has 23 heavy (non-hydrogen) atoms. The normalized spacial score (nSPS) is 23.2. The van der Waals surface area contributed by atoms with Gasteiger partial charge in [-0.05, 0) is 37.1 Å². The number of morpholine rings is 1. The molecule has 2 aliphatic rings. The van der Waals surface area contributed by atoms with Gasteiger partial charge in [0.15, 0.2) is 0 Å². The lowest BCUT2D eigenvalue weighted by molar-refractivity contribution is -0.138. The maximum Gasteiger partial charge on any atom is 0.243 e. The Bertz CT molecular complexity index is 671. The summed E-state index contributed by atoms with van der Waals surface area (Å²) in [6.45, 7) is 2.23. The zero-order valence-electron chi connectivity index (χ0n) is 12.7. The van der Waals surface area contributed by atoms with E-state index < -0.39 is 21.9 Å². The molecule has 0 aliphatic carbocycles. The number of halogens is 1. The van der Waals surface area contributed by atoms with Crippen molar-refractivity contribution in [2.24, 2.45) is 0 Å². The van der Waals surface area contributed by atoms with Crippen LogP contribution in [-0.2, 0) is 19.6 Å². The van der Waals surface area contributed by atoms with Crippen molar-refractivity contribution in [1.29, 1.82) is 0 Å². The Labute approximate surface area is 134 Å². The van der Waals surface area contributed by atoms with Gasteiger partial charge < -0.3 is 9.64 Å². The van der Waals surface area contributed by atoms with E-state index in [-0.39, 0.29) is 10.8 Å². The highest BCUT2D eigenvalue weighted by Gasteiger charge is 2.41. The molecule has 0 spiro atoms. The molecule has 3 rings (SSSR count). The summed E-state index contributed by atoms with van der Waals surface area (Å²) in [4.78, 5) is 14.3. The molecule has 0 saturated carbocycles. The van der Waals surface area contributed by atoms with E-state index in [9.17, 15) is 17.6 Å². The van der Waals surface area contributed by atoms with Gasteiger partial charge in [0.2, 0.25) is 15.9 Å². The molecule has 1 amide bonds. The van der Waals surface area contributed by atoms with Gasteiger partial charge >= 0.3 is 0 Å². The van der Waals surface area contributed by atoms with Crippen molar-refractivity contribution < 1.29 is 22.3 Å². The molecule has 0 bridgehead atoms. The first-order chi connectivity index (χ1) is 11.0. The quantitative estimate of drug-likeness (QED) is 0.816. The molecule has 2 aliphatic heterocycles. The summed E-state index contributed by atoms with van der Waals surface area (Å²) in [5.74, 6) is -0.664. The molecular formula is C15H19FN2O4S. The summed E-state index contributed by atoms with van der Waals surface area (Å²) >= 11 is 0. The van der Waals surface area contributed by atoms with Crippen molar-refractivity contribution in [3.63, 3.8) is 0 Å². The van der Waals surface area contributed by atoms with Crippen LogP contribution in [0.2, 0.25) is 0 Å². The topological polar surface area (TPSA) is 66.9 Å². The lowest BCUT2D eigenvalue weighted by atomic mass is 10.2. The molecule has 2 heterocycles. The van der Waals surface area contributed by atoms with Gasteiger partial charge in [-0.15, -0.1) is 0 Å². The van der Waals surface area contributed by atoms with Crippen LogP contribution >= 0.6 is 0 Å². The van der Waals surface area contributed by atoms with Gasteiger partial charge in [-0.2, -0.15) is 4.31 Å². The van der Waals surface area contributed by atoms with Gasteiger partial charge in [-0.25, -0.2) is 12.8 Å². The summed E-state index contributed by atoms with van der Waals surface area (Å²) in [6.07, 6.45) is 1.15. The van der Waals surface area contributed by atoms with E-state index in [2.05, 4.69) is 0 Å². The first-order valence-corrected chi connectivity index (χ1v) is 9.08. The number of hydrogen-bond donors (Lipinski definition) is 0. The second-order valence-electron chi connectivity index (χ2n) is 5.67. The number of benzene rings is 1. The lowest BCUT2D eigenvalue weighted by Gasteiger charge is -2.32. The second-order valence-corrected chi connectivity index (χ2v) is 7.56. The number of rotatable bonds is 3. The fourth-order valence-electron chi connectivity index (χ4n) is 3.01. The molecular weight excluding hydrogens is 323 g/mol. The highest BCUT2D eigenvalue weighted by Crippen LogP contribution is 2.27. The maximum atomic E-state index is 13.0. The number of hydrogen-bond acceptors (Lipinski definition) is 4. The Balaban J connectivity index is 1.82. The molecule has 6 nitrogen and oxygen atoms in total.